The minimum atomic E-state index is -0.154. The molecule has 0 radical (unpaired) electrons. The zero-order valence-corrected chi connectivity index (χ0v) is 65.1. The van der Waals surface area contributed by atoms with E-state index in [-0.39, 0.29) is 43.3 Å². The molecule has 0 saturated carbocycles. The molecule has 10 aromatic carbocycles. The molecule has 100 heavy (non-hydrogen) atoms. The Morgan fingerprint density at radius 1 is 0.250 bits per heavy atom. The summed E-state index contributed by atoms with van der Waals surface area (Å²) >= 11 is 1.76. The van der Waals surface area contributed by atoms with Gasteiger partial charge in [0.1, 0.15) is 11.6 Å². The number of rotatable bonds is 6. The number of aromatic nitrogens is 4. The number of benzene rings is 10. The van der Waals surface area contributed by atoms with Crippen molar-refractivity contribution in [2.45, 2.75) is 214 Å². The van der Waals surface area contributed by atoms with Gasteiger partial charge in [-0.3, -0.25) is 0 Å². The first-order valence-electron chi connectivity index (χ1n) is 36.2. The van der Waals surface area contributed by atoms with Gasteiger partial charge in [-0.25, -0.2) is 0 Å². The quantitative estimate of drug-likeness (QED) is 0.156. The fourth-order valence-corrected chi connectivity index (χ4v) is 15.9. The van der Waals surface area contributed by atoms with E-state index in [0.717, 1.165) is 99.6 Å². The third kappa shape index (κ3) is 11.2. The first-order chi connectivity index (χ1) is 46.6. The highest BCUT2D eigenvalue weighted by atomic mass is 32.2. The summed E-state index contributed by atoms with van der Waals surface area (Å²) in [5.41, 5.74) is 23.4. The second-order valence-electron chi connectivity index (χ2n) is 37.2. The number of nitrogens with zero attached hydrogens (tertiary/aromatic N) is 5. The highest BCUT2D eigenvalue weighted by molar-refractivity contribution is 7.98. The van der Waals surface area contributed by atoms with Crippen LogP contribution in [0.2, 0.25) is 0 Å². The lowest BCUT2D eigenvalue weighted by atomic mass is 9.85. The van der Waals surface area contributed by atoms with Crippen LogP contribution in [0.4, 0.5) is 0 Å². The van der Waals surface area contributed by atoms with Crippen molar-refractivity contribution < 1.29 is 0 Å². The number of nitriles is 1. The van der Waals surface area contributed by atoms with Crippen molar-refractivity contribution in [3.05, 3.63) is 220 Å². The summed E-state index contributed by atoms with van der Waals surface area (Å²) in [7, 11) is 0. The first-order valence-corrected chi connectivity index (χ1v) is 37.5. The molecule has 0 bridgehead atoms. The maximum absolute atomic E-state index is 13.7. The molecule has 0 atom stereocenters. The van der Waals surface area contributed by atoms with Gasteiger partial charge in [-0.15, -0.1) is 11.8 Å². The van der Waals surface area contributed by atoms with Crippen LogP contribution in [-0.2, 0) is 43.3 Å². The number of thioether (sulfide) groups is 1. The van der Waals surface area contributed by atoms with Gasteiger partial charge in [-0.05, 0) is 209 Å². The molecular weight excluding hydrogens is 1230 g/mol. The fourth-order valence-electron chi connectivity index (χ4n) is 15.5. The van der Waals surface area contributed by atoms with E-state index in [0.29, 0.717) is 5.56 Å². The highest BCUT2D eigenvalue weighted by Crippen LogP contribution is 2.54. The van der Waals surface area contributed by atoms with Crippen molar-refractivity contribution in [1.82, 2.24) is 18.3 Å². The Labute approximate surface area is 599 Å². The van der Waals surface area contributed by atoms with Gasteiger partial charge in [0.25, 0.3) is 0 Å². The van der Waals surface area contributed by atoms with Gasteiger partial charge in [0.15, 0.2) is 0 Å². The minimum absolute atomic E-state index is 0.150. The third-order valence-corrected chi connectivity index (χ3v) is 22.5. The standard InChI is InChI=1S/C94H103N5S/c1-87(2,3)56-28-38-74-65(46-56)66-47-57(88(4,5)6)29-39-75(66)96(74)83-73(54-95)84(97-76-40-30-58(89(7,8)9)48-67(76)68-49-59(90(10,11)12)31-41-77(68)97)86(99-80-44-34-62(93(19,20)21)52-71(80)72-53-63(94(22,23)24)35-45-81(72)99)82(55-26-36-64(100-25)37-27-55)85(83)98-78-42-32-60(91(13,14)15)50-69(78)70-51-61(92(16,17)18)33-43-79(70)98/h26-53H,1-25H3. The first kappa shape index (κ1) is 68.4. The van der Waals surface area contributed by atoms with Crippen molar-refractivity contribution >= 4 is 99.0 Å². The molecule has 14 rings (SSSR count). The maximum Gasteiger partial charge on any atom is 0.104 e. The Morgan fingerprint density at radius 3 is 0.590 bits per heavy atom. The van der Waals surface area contributed by atoms with Crippen molar-refractivity contribution in [2.24, 2.45) is 0 Å². The Hall–Kier alpha value is -8.76. The molecule has 0 N–H and O–H groups in total. The molecule has 0 aliphatic rings. The Morgan fingerprint density at radius 2 is 0.430 bits per heavy atom. The minimum Gasteiger partial charge on any atom is -0.306 e. The molecule has 14 aromatic rings. The van der Waals surface area contributed by atoms with Gasteiger partial charge >= 0.3 is 0 Å². The molecule has 0 fully saturated rings. The predicted octanol–water partition coefficient (Wildman–Crippen LogP) is 26.7. The van der Waals surface area contributed by atoms with Crippen LogP contribution in [0.3, 0.4) is 0 Å². The number of fused-ring (bicyclic) bond motifs is 12. The maximum atomic E-state index is 13.7. The lowest BCUT2D eigenvalue weighted by molar-refractivity contribution is 0.590. The van der Waals surface area contributed by atoms with Crippen molar-refractivity contribution in [2.75, 3.05) is 6.26 Å². The van der Waals surface area contributed by atoms with Crippen molar-refractivity contribution in [1.29, 1.82) is 5.26 Å². The zero-order valence-electron chi connectivity index (χ0n) is 64.3. The van der Waals surface area contributed by atoms with Crippen LogP contribution in [0.25, 0.3) is 121 Å². The summed E-state index contributed by atoms with van der Waals surface area (Å²) in [6, 6.07) is 70.2. The average Bonchev–Trinajstić information content (AvgIpc) is 1.46. The van der Waals surface area contributed by atoms with Gasteiger partial charge in [-0.1, -0.05) is 227 Å². The monoisotopic (exact) mass is 1330 g/mol. The van der Waals surface area contributed by atoms with E-state index in [1.54, 1.807) is 11.8 Å². The lowest BCUT2D eigenvalue weighted by Crippen LogP contribution is -2.17. The molecule has 0 aliphatic carbocycles. The van der Waals surface area contributed by atoms with Crippen LogP contribution in [0.1, 0.15) is 216 Å². The van der Waals surface area contributed by atoms with Crippen molar-refractivity contribution in [3.8, 4) is 39.9 Å². The Balaban J connectivity index is 1.37. The van der Waals surface area contributed by atoms with Crippen LogP contribution in [0.15, 0.2) is 175 Å². The third-order valence-electron chi connectivity index (χ3n) is 21.8. The van der Waals surface area contributed by atoms with Crippen LogP contribution < -0.4 is 0 Å². The molecule has 0 amide bonds. The molecule has 0 spiro atoms. The summed E-state index contributed by atoms with van der Waals surface area (Å²) in [5, 5.41) is 23.0. The molecule has 6 heteroatoms. The molecule has 0 saturated heterocycles. The van der Waals surface area contributed by atoms with E-state index in [9.17, 15) is 5.26 Å². The molecule has 510 valence electrons. The van der Waals surface area contributed by atoms with Gasteiger partial charge in [-0.2, -0.15) is 5.26 Å². The van der Waals surface area contributed by atoms with E-state index in [1.165, 1.54) is 70.9 Å². The highest BCUT2D eigenvalue weighted by Gasteiger charge is 2.37. The van der Waals surface area contributed by atoms with Crippen LogP contribution >= 0.6 is 11.8 Å². The SMILES string of the molecule is CSc1ccc(-c2c(-n3c4ccc(C(C)(C)C)cc4c4cc(C(C)(C)C)ccc43)c(-n3c4ccc(C(C)(C)C)cc4c4cc(C(C)(C)C)ccc43)c(C#N)c(-n3c4ccc(C(C)(C)C)cc4c4cc(C(C)(C)C)ccc43)c2-n2c3ccc(C(C)(C)C)cc3c3cc(C(C)(C)C)ccc32)cc1. The normalized spacial score (nSPS) is 13.5. The molecular formula is C94H103N5S. The number of hydrogen-bond acceptors (Lipinski definition) is 2. The van der Waals surface area contributed by atoms with Crippen LogP contribution in [0.5, 0.6) is 0 Å². The Kier molecular flexibility index (Phi) is 15.6. The molecule has 0 unspecified atom stereocenters. The second-order valence-corrected chi connectivity index (χ2v) is 38.1. The average molecular weight is 1330 g/mol. The van der Waals surface area contributed by atoms with Gasteiger partial charge in [0.2, 0.25) is 0 Å². The van der Waals surface area contributed by atoms with Gasteiger partial charge in [0, 0.05) is 53.5 Å². The van der Waals surface area contributed by atoms with Crippen molar-refractivity contribution in [3.63, 3.8) is 0 Å². The van der Waals surface area contributed by atoms with Crippen LogP contribution in [0, 0.1) is 11.3 Å². The smallest absolute Gasteiger partial charge is 0.104 e. The largest absolute Gasteiger partial charge is 0.306 e. The topological polar surface area (TPSA) is 43.5 Å². The van der Waals surface area contributed by atoms with E-state index in [1.807, 2.05) is 0 Å². The molecule has 4 aromatic heterocycles. The lowest BCUT2D eigenvalue weighted by Gasteiger charge is -2.30. The van der Waals surface area contributed by atoms with E-state index >= 15 is 0 Å². The zero-order chi connectivity index (χ0) is 72.0. The summed E-state index contributed by atoms with van der Waals surface area (Å²) in [6.45, 7) is 55.8. The second kappa shape index (κ2) is 22.9. The van der Waals surface area contributed by atoms with Gasteiger partial charge in [0.05, 0.1) is 66.9 Å². The van der Waals surface area contributed by atoms with Gasteiger partial charge < -0.3 is 18.3 Å². The van der Waals surface area contributed by atoms with E-state index < -0.39 is 0 Å². The summed E-state index contributed by atoms with van der Waals surface area (Å²) in [5.74, 6) is 0. The summed E-state index contributed by atoms with van der Waals surface area (Å²) in [4.78, 5) is 1.17. The van der Waals surface area contributed by atoms with E-state index in [2.05, 4.69) is 367 Å². The molecule has 4 heterocycles. The Bertz CT molecular complexity index is 5150. The molecule has 0 aliphatic heterocycles. The van der Waals surface area contributed by atoms with Crippen LogP contribution in [-0.4, -0.2) is 24.5 Å². The molecule has 5 nitrogen and oxygen atoms in total. The summed E-state index contributed by atoms with van der Waals surface area (Å²) in [6.07, 6.45) is 2.17. The predicted molar refractivity (Wildman–Crippen MR) is 435 cm³/mol. The summed E-state index contributed by atoms with van der Waals surface area (Å²) < 4.78 is 10.2. The number of hydrogen-bond donors (Lipinski definition) is 0. The van der Waals surface area contributed by atoms with E-state index in [4.69, 9.17) is 0 Å². The fraction of sp³-hybridized carbons (Fsp3) is 0.351.